The van der Waals surface area contributed by atoms with Gasteiger partial charge >= 0.3 is 0 Å². The Labute approximate surface area is 237 Å². The van der Waals surface area contributed by atoms with Gasteiger partial charge in [0.05, 0.1) is 11.5 Å². The Kier molecular flexibility index (Phi) is 9.66. The van der Waals surface area contributed by atoms with Crippen molar-refractivity contribution in [3.05, 3.63) is 162 Å². The normalized spacial score (nSPS) is 16.3. The van der Waals surface area contributed by atoms with Crippen LogP contribution in [-0.2, 0) is 4.79 Å². The van der Waals surface area contributed by atoms with Gasteiger partial charge in [0.25, 0.3) is 0 Å². The molecule has 0 fully saturated rings. The second-order valence-electron chi connectivity index (χ2n) is 10.2. The third-order valence-electron chi connectivity index (χ3n) is 6.93. The highest BCUT2D eigenvalue weighted by Crippen LogP contribution is 2.32. The summed E-state index contributed by atoms with van der Waals surface area (Å²) in [6.45, 7) is 7.78. The first kappa shape index (κ1) is 28.5. The van der Waals surface area contributed by atoms with Gasteiger partial charge < -0.3 is 9.84 Å². The molecular formula is C37H36O3. The zero-order chi connectivity index (χ0) is 28.4. The molecular weight excluding hydrogens is 492 g/mol. The number of aliphatic hydroxyl groups is 1. The zero-order valence-corrected chi connectivity index (χ0v) is 23.2. The maximum absolute atomic E-state index is 12.6. The SMILES string of the molecule is C=C(c1ccccc1)c1ccccc1.Cc1cccc(OC2=CC(=O)C(C(C)(O)/C=C/c3ccccc3)CC2)c1. The van der Waals surface area contributed by atoms with E-state index in [1.54, 1.807) is 13.0 Å². The van der Waals surface area contributed by atoms with E-state index < -0.39 is 11.5 Å². The van der Waals surface area contributed by atoms with Crippen molar-refractivity contribution in [2.75, 3.05) is 0 Å². The van der Waals surface area contributed by atoms with Crippen LogP contribution in [0, 0.1) is 12.8 Å². The Morgan fingerprint density at radius 1 is 0.875 bits per heavy atom. The van der Waals surface area contributed by atoms with Gasteiger partial charge in [-0.2, -0.15) is 0 Å². The molecule has 0 saturated carbocycles. The predicted octanol–water partition coefficient (Wildman–Crippen LogP) is 8.45. The Balaban J connectivity index is 0.000000222. The van der Waals surface area contributed by atoms with Crippen molar-refractivity contribution >= 4 is 17.4 Å². The van der Waals surface area contributed by atoms with E-state index in [9.17, 15) is 9.90 Å². The summed E-state index contributed by atoms with van der Waals surface area (Å²) in [6.07, 6.45) is 6.28. The van der Waals surface area contributed by atoms with Crippen LogP contribution in [0.25, 0.3) is 11.6 Å². The lowest BCUT2D eigenvalue weighted by Crippen LogP contribution is -2.39. The highest BCUT2D eigenvalue weighted by atomic mass is 16.5. The quantitative estimate of drug-likeness (QED) is 0.262. The summed E-state index contributed by atoms with van der Waals surface area (Å²) < 4.78 is 5.84. The van der Waals surface area contributed by atoms with Crippen LogP contribution in [0.1, 0.15) is 42.0 Å². The third-order valence-corrected chi connectivity index (χ3v) is 6.93. The minimum atomic E-state index is -1.20. The number of carbonyl (C=O) groups is 1. The molecule has 0 spiro atoms. The third kappa shape index (κ3) is 8.02. The minimum Gasteiger partial charge on any atom is -0.462 e. The lowest BCUT2D eigenvalue weighted by atomic mass is 9.79. The Morgan fingerprint density at radius 3 is 2.00 bits per heavy atom. The fraction of sp³-hybridized carbons (Fsp3) is 0.162. The van der Waals surface area contributed by atoms with E-state index in [1.807, 2.05) is 104 Å². The largest absolute Gasteiger partial charge is 0.462 e. The molecule has 0 saturated heterocycles. The van der Waals surface area contributed by atoms with Gasteiger partial charge in [-0.25, -0.2) is 0 Å². The van der Waals surface area contributed by atoms with Gasteiger partial charge in [-0.1, -0.05) is 122 Å². The van der Waals surface area contributed by atoms with Crippen LogP contribution < -0.4 is 4.74 Å². The van der Waals surface area contributed by atoms with E-state index in [4.69, 9.17) is 4.74 Å². The molecule has 202 valence electrons. The molecule has 4 aromatic carbocycles. The highest BCUT2D eigenvalue weighted by molar-refractivity contribution is 5.94. The van der Waals surface area contributed by atoms with Crippen LogP contribution in [0.2, 0.25) is 0 Å². The number of hydrogen-bond acceptors (Lipinski definition) is 3. The number of aryl methyl sites for hydroxylation is 1. The number of ketones is 1. The van der Waals surface area contributed by atoms with Crippen LogP contribution in [0.5, 0.6) is 5.75 Å². The second kappa shape index (κ2) is 13.5. The summed E-state index contributed by atoms with van der Waals surface area (Å²) in [4.78, 5) is 12.6. The van der Waals surface area contributed by atoms with E-state index in [0.29, 0.717) is 18.6 Å². The van der Waals surface area contributed by atoms with Gasteiger partial charge in [0.2, 0.25) is 0 Å². The summed E-state index contributed by atoms with van der Waals surface area (Å²) >= 11 is 0. The highest BCUT2D eigenvalue weighted by Gasteiger charge is 2.36. The van der Waals surface area contributed by atoms with E-state index >= 15 is 0 Å². The van der Waals surface area contributed by atoms with Crippen LogP contribution in [0.15, 0.2) is 140 Å². The van der Waals surface area contributed by atoms with Gasteiger partial charge in [-0.15, -0.1) is 0 Å². The number of allylic oxidation sites excluding steroid dienone is 2. The first-order chi connectivity index (χ1) is 19.3. The molecule has 2 unspecified atom stereocenters. The van der Waals surface area contributed by atoms with Crippen molar-refractivity contribution in [1.29, 1.82) is 0 Å². The van der Waals surface area contributed by atoms with E-state index in [0.717, 1.165) is 22.4 Å². The predicted molar refractivity (Wildman–Crippen MR) is 165 cm³/mol. The van der Waals surface area contributed by atoms with Crippen molar-refractivity contribution < 1.29 is 14.6 Å². The molecule has 1 aliphatic carbocycles. The lowest BCUT2D eigenvalue weighted by Gasteiger charge is -2.31. The summed E-state index contributed by atoms with van der Waals surface area (Å²) in [5.74, 6) is 0.826. The van der Waals surface area contributed by atoms with E-state index in [1.165, 1.54) is 17.2 Å². The Morgan fingerprint density at radius 2 is 1.45 bits per heavy atom. The maximum atomic E-state index is 12.6. The molecule has 0 aliphatic heterocycles. The van der Waals surface area contributed by atoms with Crippen LogP contribution in [-0.4, -0.2) is 16.5 Å². The lowest BCUT2D eigenvalue weighted by molar-refractivity contribution is -0.125. The molecule has 1 aliphatic rings. The molecule has 1 N–H and O–H groups in total. The monoisotopic (exact) mass is 528 g/mol. The van der Waals surface area contributed by atoms with Gasteiger partial charge in [-0.3, -0.25) is 4.79 Å². The van der Waals surface area contributed by atoms with Crippen molar-refractivity contribution in [1.82, 2.24) is 0 Å². The molecule has 5 rings (SSSR count). The number of rotatable bonds is 7. The molecule has 0 amide bonds. The zero-order valence-electron chi connectivity index (χ0n) is 23.2. The molecule has 2 atom stereocenters. The average Bonchev–Trinajstić information content (AvgIpc) is 2.97. The minimum absolute atomic E-state index is 0.0957. The van der Waals surface area contributed by atoms with Gasteiger partial charge in [0.1, 0.15) is 11.5 Å². The first-order valence-corrected chi connectivity index (χ1v) is 13.6. The van der Waals surface area contributed by atoms with Gasteiger partial charge in [0, 0.05) is 12.5 Å². The van der Waals surface area contributed by atoms with Gasteiger partial charge in [0.15, 0.2) is 5.78 Å². The molecule has 0 heterocycles. The molecule has 0 bridgehead atoms. The van der Waals surface area contributed by atoms with Crippen LogP contribution in [0.3, 0.4) is 0 Å². The molecule has 40 heavy (non-hydrogen) atoms. The summed E-state index contributed by atoms with van der Waals surface area (Å²) in [5.41, 5.74) is 4.34. The molecule has 0 radical (unpaired) electrons. The first-order valence-electron chi connectivity index (χ1n) is 13.6. The number of ether oxygens (including phenoxy) is 1. The summed E-state index contributed by atoms with van der Waals surface area (Å²) in [6, 6.07) is 38.0. The van der Waals surface area contributed by atoms with Gasteiger partial charge in [-0.05, 0) is 60.2 Å². The van der Waals surface area contributed by atoms with Crippen molar-refractivity contribution in [3.63, 3.8) is 0 Å². The number of benzene rings is 4. The fourth-order valence-corrected chi connectivity index (χ4v) is 4.64. The summed E-state index contributed by atoms with van der Waals surface area (Å²) in [7, 11) is 0. The number of carbonyl (C=O) groups excluding carboxylic acids is 1. The topological polar surface area (TPSA) is 46.5 Å². The van der Waals surface area contributed by atoms with Crippen LogP contribution in [0.4, 0.5) is 0 Å². The van der Waals surface area contributed by atoms with E-state index in [2.05, 4.69) is 30.8 Å². The van der Waals surface area contributed by atoms with E-state index in [-0.39, 0.29) is 5.78 Å². The standard InChI is InChI=1S/C23H24O3.C14H12/c1-17-7-6-10-19(15-17)26-20-11-12-21(22(24)16-20)23(2,25)14-13-18-8-4-3-5-9-18;1-12(13-8-4-2-5-9-13)14-10-6-3-7-11-14/h3-10,13-16,21,25H,11-12H2,1-2H3;2-11H,1H2/b14-13+;. The Hall–Kier alpha value is -4.47. The fourth-order valence-electron chi connectivity index (χ4n) is 4.64. The molecule has 4 aromatic rings. The summed E-state index contributed by atoms with van der Waals surface area (Å²) in [5, 5.41) is 10.8. The second-order valence-corrected chi connectivity index (χ2v) is 10.2. The van der Waals surface area contributed by atoms with Crippen molar-refractivity contribution in [3.8, 4) is 5.75 Å². The van der Waals surface area contributed by atoms with Crippen molar-refractivity contribution in [2.24, 2.45) is 5.92 Å². The maximum Gasteiger partial charge on any atom is 0.165 e. The molecule has 3 heteroatoms. The molecule has 0 aromatic heterocycles. The average molecular weight is 529 g/mol. The van der Waals surface area contributed by atoms with Crippen LogP contribution >= 0.6 is 0 Å². The van der Waals surface area contributed by atoms with Crippen molar-refractivity contribution in [2.45, 2.75) is 32.3 Å². The smallest absolute Gasteiger partial charge is 0.165 e. The number of hydrogen-bond donors (Lipinski definition) is 1. The Bertz CT molecular complexity index is 1420. The molecule has 3 nitrogen and oxygen atoms in total.